The Kier molecular flexibility index (Phi) is 4.56. The highest BCUT2D eigenvalue weighted by Crippen LogP contribution is 2.25. The number of nitrogens with zero attached hydrogens (tertiary/aromatic N) is 1. The molecule has 1 aliphatic carbocycles. The van der Waals surface area contributed by atoms with Gasteiger partial charge < -0.3 is 5.32 Å². The molecule has 2 unspecified atom stereocenters. The molecule has 0 aliphatic heterocycles. The third kappa shape index (κ3) is 3.28. The second-order valence-corrected chi connectivity index (χ2v) is 6.24. The molecular formula is C12H14Br2N2O. The van der Waals surface area contributed by atoms with Crippen LogP contribution in [0.1, 0.15) is 36.2 Å². The smallest absolute Gasteiger partial charge is 0.271 e. The van der Waals surface area contributed by atoms with Gasteiger partial charge in [0.15, 0.2) is 0 Å². The summed E-state index contributed by atoms with van der Waals surface area (Å²) in [6.07, 6.45) is 6.19. The van der Waals surface area contributed by atoms with Crippen molar-refractivity contribution in [2.45, 2.75) is 36.6 Å². The van der Waals surface area contributed by atoms with Gasteiger partial charge >= 0.3 is 0 Å². The van der Waals surface area contributed by atoms with Crippen LogP contribution in [0.4, 0.5) is 0 Å². The minimum Gasteiger partial charge on any atom is -0.347 e. The van der Waals surface area contributed by atoms with Gasteiger partial charge in [-0.3, -0.25) is 4.79 Å². The van der Waals surface area contributed by atoms with E-state index in [0.717, 1.165) is 17.3 Å². The van der Waals surface area contributed by atoms with Crippen molar-refractivity contribution >= 4 is 37.8 Å². The maximum absolute atomic E-state index is 12.1. The minimum atomic E-state index is -0.103. The Balaban J connectivity index is 2.04. The molecule has 2 atom stereocenters. The molecule has 0 aromatic carbocycles. The Morgan fingerprint density at radius 3 is 2.88 bits per heavy atom. The average molecular weight is 362 g/mol. The van der Waals surface area contributed by atoms with Gasteiger partial charge in [0.1, 0.15) is 5.69 Å². The number of pyridine rings is 1. The van der Waals surface area contributed by atoms with Crippen molar-refractivity contribution in [2.24, 2.45) is 0 Å². The van der Waals surface area contributed by atoms with Crippen LogP contribution in [0.3, 0.4) is 0 Å². The fourth-order valence-electron chi connectivity index (χ4n) is 2.04. The Labute approximate surface area is 118 Å². The Morgan fingerprint density at radius 1 is 1.41 bits per heavy atom. The second kappa shape index (κ2) is 5.96. The van der Waals surface area contributed by atoms with Crippen LogP contribution >= 0.6 is 31.9 Å². The number of hydrogen-bond acceptors (Lipinski definition) is 2. The average Bonchev–Trinajstić information content (AvgIpc) is 2.32. The first kappa shape index (κ1) is 13.0. The summed E-state index contributed by atoms with van der Waals surface area (Å²) in [6.45, 7) is 0. The number of rotatable bonds is 2. The fourth-order valence-corrected chi connectivity index (χ4v) is 3.19. The van der Waals surface area contributed by atoms with E-state index in [1.807, 2.05) is 6.07 Å². The summed E-state index contributed by atoms with van der Waals surface area (Å²) < 4.78 is 0.736. The molecular weight excluding hydrogens is 348 g/mol. The summed E-state index contributed by atoms with van der Waals surface area (Å²) in [7, 11) is 0. The largest absolute Gasteiger partial charge is 0.347 e. The molecule has 1 aromatic rings. The van der Waals surface area contributed by atoms with E-state index in [4.69, 9.17) is 0 Å². The van der Waals surface area contributed by atoms with Crippen LogP contribution < -0.4 is 5.32 Å². The highest BCUT2D eigenvalue weighted by atomic mass is 79.9. The predicted octanol–water partition coefficient (Wildman–Crippen LogP) is 3.28. The molecule has 1 N–H and O–H groups in total. The molecule has 1 heterocycles. The Morgan fingerprint density at radius 2 is 2.18 bits per heavy atom. The van der Waals surface area contributed by atoms with E-state index < -0.39 is 0 Å². The van der Waals surface area contributed by atoms with Gasteiger partial charge in [0.25, 0.3) is 5.91 Å². The monoisotopic (exact) mass is 360 g/mol. The molecule has 0 bridgehead atoms. The number of carbonyl (C=O) groups is 1. The molecule has 1 aromatic heterocycles. The Bertz CT molecular complexity index is 411. The molecule has 5 heteroatoms. The molecule has 0 saturated heterocycles. The number of nitrogens with one attached hydrogen (secondary N) is 1. The molecule has 0 spiro atoms. The van der Waals surface area contributed by atoms with Crippen molar-refractivity contribution in [3.8, 4) is 0 Å². The first-order valence-electron chi connectivity index (χ1n) is 5.74. The maximum atomic E-state index is 12.1. The third-order valence-corrected chi connectivity index (χ3v) is 4.71. The van der Waals surface area contributed by atoms with E-state index >= 15 is 0 Å². The molecule has 17 heavy (non-hydrogen) atoms. The zero-order valence-electron chi connectivity index (χ0n) is 9.33. The topological polar surface area (TPSA) is 42.0 Å². The van der Waals surface area contributed by atoms with Crippen LogP contribution in [-0.4, -0.2) is 21.8 Å². The summed E-state index contributed by atoms with van der Waals surface area (Å²) in [5.74, 6) is -0.103. The van der Waals surface area contributed by atoms with Crippen molar-refractivity contribution in [1.82, 2.24) is 10.3 Å². The quantitative estimate of drug-likeness (QED) is 0.821. The van der Waals surface area contributed by atoms with Crippen LogP contribution in [0.15, 0.2) is 22.8 Å². The normalized spacial score (nSPS) is 24.4. The van der Waals surface area contributed by atoms with Gasteiger partial charge in [0.2, 0.25) is 0 Å². The van der Waals surface area contributed by atoms with Gasteiger partial charge in [-0.2, -0.15) is 0 Å². The standard InChI is InChI=1S/C12H14Br2N2O/c13-8-4-1-2-6-10(8)16-12(17)11-9(14)5-3-7-15-11/h3,5,7-8,10H,1-2,4,6H2,(H,16,17). The second-order valence-electron chi connectivity index (χ2n) is 4.21. The molecule has 1 aliphatic rings. The lowest BCUT2D eigenvalue weighted by Gasteiger charge is -2.28. The van der Waals surface area contributed by atoms with Crippen LogP contribution in [0.25, 0.3) is 0 Å². The Hall–Kier alpha value is -0.420. The highest BCUT2D eigenvalue weighted by molar-refractivity contribution is 9.10. The highest BCUT2D eigenvalue weighted by Gasteiger charge is 2.25. The summed E-state index contributed by atoms with van der Waals surface area (Å²) in [4.78, 5) is 16.5. The summed E-state index contributed by atoms with van der Waals surface area (Å²) in [5, 5.41) is 3.05. The molecule has 1 amide bonds. The summed E-state index contributed by atoms with van der Waals surface area (Å²) in [5.41, 5.74) is 0.456. The molecule has 1 fully saturated rings. The lowest BCUT2D eigenvalue weighted by Crippen LogP contribution is -2.42. The molecule has 1 saturated carbocycles. The van der Waals surface area contributed by atoms with Crippen LogP contribution in [0, 0.1) is 0 Å². The lowest BCUT2D eigenvalue weighted by molar-refractivity contribution is 0.0924. The maximum Gasteiger partial charge on any atom is 0.271 e. The fraction of sp³-hybridized carbons (Fsp3) is 0.500. The number of carbonyl (C=O) groups excluding carboxylic acids is 1. The van der Waals surface area contributed by atoms with Gasteiger partial charge in [-0.1, -0.05) is 28.8 Å². The summed E-state index contributed by atoms with van der Waals surface area (Å²) in [6, 6.07) is 3.84. The van der Waals surface area contributed by atoms with Gasteiger partial charge in [-0.25, -0.2) is 4.98 Å². The van der Waals surface area contributed by atoms with E-state index in [9.17, 15) is 4.79 Å². The molecule has 3 nitrogen and oxygen atoms in total. The molecule has 2 rings (SSSR count). The number of aromatic nitrogens is 1. The van der Waals surface area contributed by atoms with Crippen molar-refractivity contribution in [1.29, 1.82) is 0 Å². The predicted molar refractivity (Wildman–Crippen MR) is 74.4 cm³/mol. The number of amides is 1. The van der Waals surface area contributed by atoms with Crippen LogP contribution in [0.2, 0.25) is 0 Å². The van der Waals surface area contributed by atoms with Crippen LogP contribution in [-0.2, 0) is 0 Å². The number of alkyl halides is 1. The van der Waals surface area contributed by atoms with Crippen molar-refractivity contribution in [3.05, 3.63) is 28.5 Å². The first-order chi connectivity index (χ1) is 8.18. The molecule has 92 valence electrons. The zero-order valence-corrected chi connectivity index (χ0v) is 12.5. The number of halogens is 2. The number of hydrogen-bond donors (Lipinski definition) is 1. The summed E-state index contributed by atoms with van der Waals surface area (Å²) >= 11 is 6.97. The minimum absolute atomic E-state index is 0.103. The van der Waals surface area contributed by atoms with E-state index in [1.165, 1.54) is 12.8 Å². The first-order valence-corrected chi connectivity index (χ1v) is 7.45. The van der Waals surface area contributed by atoms with Crippen molar-refractivity contribution in [2.75, 3.05) is 0 Å². The third-order valence-electron chi connectivity index (χ3n) is 2.97. The zero-order chi connectivity index (χ0) is 12.3. The van der Waals surface area contributed by atoms with Crippen LogP contribution in [0.5, 0.6) is 0 Å². The molecule has 0 radical (unpaired) electrons. The SMILES string of the molecule is O=C(NC1CCCCC1Br)c1ncccc1Br. The van der Waals surface area contributed by atoms with Gasteiger partial charge in [0.05, 0.1) is 0 Å². The van der Waals surface area contributed by atoms with E-state index in [0.29, 0.717) is 10.5 Å². The van der Waals surface area contributed by atoms with Crippen molar-refractivity contribution < 1.29 is 4.79 Å². The van der Waals surface area contributed by atoms with E-state index in [-0.39, 0.29) is 11.9 Å². The van der Waals surface area contributed by atoms with E-state index in [1.54, 1.807) is 12.3 Å². The van der Waals surface area contributed by atoms with Gasteiger partial charge in [0, 0.05) is 21.5 Å². The lowest BCUT2D eigenvalue weighted by atomic mass is 9.95. The van der Waals surface area contributed by atoms with Crippen molar-refractivity contribution in [3.63, 3.8) is 0 Å². The van der Waals surface area contributed by atoms with Gasteiger partial charge in [-0.15, -0.1) is 0 Å². The van der Waals surface area contributed by atoms with Gasteiger partial charge in [-0.05, 0) is 40.9 Å². The van der Waals surface area contributed by atoms with E-state index in [2.05, 4.69) is 42.2 Å².